The second-order valence-electron chi connectivity index (χ2n) is 4.32. The SMILES string of the molecule is CCNc1ccc(S(=O)(=O)C(F)F)cc1NC(=O)[C@H](C)N. The minimum absolute atomic E-state index is 0.0841. The second-order valence-corrected chi connectivity index (χ2v) is 6.24. The summed E-state index contributed by atoms with van der Waals surface area (Å²) in [4.78, 5) is 11.0. The van der Waals surface area contributed by atoms with E-state index in [-0.39, 0.29) is 5.69 Å². The molecule has 0 unspecified atom stereocenters. The normalized spacial score (nSPS) is 13.0. The summed E-state index contributed by atoms with van der Waals surface area (Å²) in [6, 6.07) is 2.53. The maximum atomic E-state index is 12.6. The van der Waals surface area contributed by atoms with Crippen LogP contribution in [0.3, 0.4) is 0 Å². The Bertz CT molecular complexity index is 618. The highest BCUT2D eigenvalue weighted by Crippen LogP contribution is 2.28. The summed E-state index contributed by atoms with van der Waals surface area (Å²) in [6.07, 6.45) is 0. The average Bonchev–Trinajstić information content (AvgIpc) is 2.40. The fourth-order valence-corrected chi connectivity index (χ4v) is 2.24. The molecule has 9 heteroatoms. The minimum atomic E-state index is -4.73. The van der Waals surface area contributed by atoms with Crippen molar-refractivity contribution in [3.05, 3.63) is 18.2 Å². The minimum Gasteiger partial charge on any atom is -0.384 e. The molecular formula is C12H17F2N3O3S. The van der Waals surface area contributed by atoms with Gasteiger partial charge in [-0.05, 0) is 32.0 Å². The molecular weight excluding hydrogens is 304 g/mol. The molecule has 0 radical (unpaired) electrons. The zero-order valence-corrected chi connectivity index (χ0v) is 12.4. The van der Waals surface area contributed by atoms with Crippen LogP contribution in [-0.2, 0) is 14.6 Å². The van der Waals surface area contributed by atoms with Crippen LogP contribution in [0.4, 0.5) is 20.2 Å². The number of alkyl halides is 2. The van der Waals surface area contributed by atoms with Crippen LogP contribution < -0.4 is 16.4 Å². The van der Waals surface area contributed by atoms with Gasteiger partial charge >= 0.3 is 5.76 Å². The molecule has 4 N–H and O–H groups in total. The Morgan fingerprint density at radius 1 is 1.33 bits per heavy atom. The summed E-state index contributed by atoms with van der Waals surface area (Å²) < 4.78 is 48.0. The van der Waals surface area contributed by atoms with E-state index >= 15 is 0 Å². The Morgan fingerprint density at radius 2 is 1.95 bits per heavy atom. The molecule has 0 heterocycles. The summed E-state index contributed by atoms with van der Waals surface area (Å²) in [6.45, 7) is 3.74. The molecule has 0 aliphatic rings. The van der Waals surface area contributed by atoms with Crippen molar-refractivity contribution < 1.29 is 22.0 Å². The number of hydrogen-bond donors (Lipinski definition) is 3. The Balaban J connectivity index is 3.27. The second kappa shape index (κ2) is 6.81. The number of sulfone groups is 1. The number of benzene rings is 1. The lowest BCUT2D eigenvalue weighted by Crippen LogP contribution is -2.32. The molecule has 0 aliphatic heterocycles. The third-order valence-corrected chi connectivity index (χ3v) is 3.97. The van der Waals surface area contributed by atoms with Gasteiger partial charge in [0, 0.05) is 6.54 Å². The number of rotatable bonds is 6. The molecule has 118 valence electrons. The molecule has 1 rings (SSSR count). The first-order valence-corrected chi connectivity index (χ1v) is 7.71. The van der Waals surface area contributed by atoms with Crippen molar-refractivity contribution in [3.8, 4) is 0 Å². The Kier molecular flexibility index (Phi) is 5.62. The largest absolute Gasteiger partial charge is 0.384 e. The lowest BCUT2D eigenvalue weighted by molar-refractivity contribution is -0.117. The molecule has 1 aromatic carbocycles. The summed E-state index contributed by atoms with van der Waals surface area (Å²) in [5.41, 5.74) is 5.91. The monoisotopic (exact) mass is 321 g/mol. The Labute approximate surface area is 121 Å². The van der Waals surface area contributed by atoms with Crippen LogP contribution >= 0.6 is 0 Å². The number of hydrogen-bond acceptors (Lipinski definition) is 5. The standard InChI is InChI=1S/C12H17F2N3O3S/c1-3-16-9-5-4-8(21(19,20)12(13)14)6-10(9)17-11(18)7(2)15/h4-7,12,16H,3,15H2,1-2H3,(H,17,18)/t7-/m0/s1. The first-order valence-electron chi connectivity index (χ1n) is 6.16. The maximum absolute atomic E-state index is 12.6. The number of nitrogens with two attached hydrogens (primary N) is 1. The van der Waals surface area contributed by atoms with Gasteiger partial charge in [0.05, 0.1) is 22.3 Å². The van der Waals surface area contributed by atoms with Gasteiger partial charge in [-0.1, -0.05) is 0 Å². The number of nitrogens with one attached hydrogen (secondary N) is 2. The molecule has 0 bridgehead atoms. The quantitative estimate of drug-likeness (QED) is 0.735. The van der Waals surface area contributed by atoms with E-state index in [9.17, 15) is 22.0 Å². The molecule has 0 saturated carbocycles. The third kappa shape index (κ3) is 4.11. The highest BCUT2D eigenvalue weighted by Gasteiger charge is 2.27. The molecule has 1 amide bonds. The molecule has 0 spiro atoms. The first kappa shape index (κ1) is 17.3. The van der Waals surface area contributed by atoms with Crippen LogP contribution in [0.25, 0.3) is 0 Å². The van der Waals surface area contributed by atoms with Gasteiger partial charge in [0.25, 0.3) is 0 Å². The van der Waals surface area contributed by atoms with E-state index in [2.05, 4.69) is 10.6 Å². The number of halogens is 2. The maximum Gasteiger partial charge on any atom is 0.341 e. The smallest absolute Gasteiger partial charge is 0.341 e. The van der Waals surface area contributed by atoms with Crippen LogP contribution in [0.2, 0.25) is 0 Å². The number of anilines is 2. The van der Waals surface area contributed by atoms with Crippen molar-refractivity contribution in [1.29, 1.82) is 0 Å². The molecule has 6 nitrogen and oxygen atoms in total. The Morgan fingerprint density at radius 3 is 2.43 bits per heavy atom. The number of carbonyl (C=O) groups excluding carboxylic acids is 1. The molecule has 21 heavy (non-hydrogen) atoms. The van der Waals surface area contributed by atoms with Crippen molar-refractivity contribution in [2.45, 2.75) is 30.5 Å². The molecule has 0 fully saturated rings. The van der Waals surface area contributed by atoms with Gasteiger partial charge in [-0.2, -0.15) is 8.78 Å². The lowest BCUT2D eigenvalue weighted by Gasteiger charge is -2.15. The molecule has 1 atom stereocenters. The fraction of sp³-hybridized carbons (Fsp3) is 0.417. The van der Waals surface area contributed by atoms with Crippen LogP contribution in [0.5, 0.6) is 0 Å². The molecule has 0 aromatic heterocycles. The van der Waals surface area contributed by atoms with Crippen LogP contribution in [0.15, 0.2) is 23.1 Å². The topological polar surface area (TPSA) is 101 Å². The van der Waals surface area contributed by atoms with Gasteiger partial charge in [0.15, 0.2) is 0 Å². The Hall–Kier alpha value is -1.74. The third-order valence-electron chi connectivity index (χ3n) is 2.59. The highest BCUT2D eigenvalue weighted by atomic mass is 32.2. The van der Waals surface area contributed by atoms with Gasteiger partial charge in [-0.15, -0.1) is 0 Å². The van der Waals surface area contributed by atoms with E-state index in [0.717, 1.165) is 12.1 Å². The van der Waals surface area contributed by atoms with Gasteiger partial charge in [0.2, 0.25) is 15.7 Å². The fourth-order valence-electron chi connectivity index (χ4n) is 1.50. The van der Waals surface area contributed by atoms with E-state index in [1.165, 1.54) is 13.0 Å². The zero-order valence-electron chi connectivity index (χ0n) is 11.6. The summed E-state index contributed by atoms with van der Waals surface area (Å²) in [5, 5.41) is 5.30. The van der Waals surface area contributed by atoms with E-state index in [1.54, 1.807) is 6.92 Å². The summed E-state index contributed by atoms with van der Waals surface area (Å²) in [5.74, 6) is -4.08. The zero-order chi connectivity index (χ0) is 16.2. The van der Waals surface area contributed by atoms with E-state index in [1.807, 2.05) is 0 Å². The molecule has 1 aromatic rings. The summed E-state index contributed by atoms with van der Waals surface area (Å²) >= 11 is 0. The van der Waals surface area contributed by atoms with Crippen molar-refractivity contribution in [2.75, 3.05) is 17.2 Å². The van der Waals surface area contributed by atoms with Crippen molar-refractivity contribution in [1.82, 2.24) is 0 Å². The van der Waals surface area contributed by atoms with Gasteiger partial charge in [-0.25, -0.2) is 8.42 Å². The first-order chi connectivity index (χ1) is 9.70. The van der Waals surface area contributed by atoms with Gasteiger partial charge in [-0.3, -0.25) is 4.79 Å². The van der Waals surface area contributed by atoms with Crippen molar-refractivity contribution in [3.63, 3.8) is 0 Å². The number of amides is 1. The predicted molar refractivity (Wildman–Crippen MR) is 76.1 cm³/mol. The highest BCUT2D eigenvalue weighted by molar-refractivity contribution is 7.91. The predicted octanol–water partition coefficient (Wildman–Crippen LogP) is 1.40. The average molecular weight is 321 g/mol. The number of carbonyl (C=O) groups is 1. The lowest BCUT2D eigenvalue weighted by atomic mass is 10.2. The van der Waals surface area contributed by atoms with Crippen molar-refractivity contribution in [2.24, 2.45) is 5.73 Å². The van der Waals surface area contributed by atoms with Crippen LogP contribution in [-0.4, -0.2) is 32.7 Å². The summed E-state index contributed by atoms with van der Waals surface area (Å²) in [7, 11) is -4.73. The van der Waals surface area contributed by atoms with Crippen LogP contribution in [0, 0.1) is 0 Å². The van der Waals surface area contributed by atoms with Gasteiger partial charge in [0.1, 0.15) is 0 Å². The van der Waals surface area contributed by atoms with Crippen molar-refractivity contribution >= 4 is 27.1 Å². The van der Waals surface area contributed by atoms with E-state index in [0.29, 0.717) is 12.2 Å². The van der Waals surface area contributed by atoms with E-state index < -0.39 is 32.4 Å². The molecule has 0 aliphatic carbocycles. The molecule has 0 saturated heterocycles. The van der Waals surface area contributed by atoms with E-state index in [4.69, 9.17) is 5.73 Å². The van der Waals surface area contributed by atoms with Crippen LogP contribution in [0.1, 0.15) is 13.8 Å². The van der Waals surface area contributed by atoms with Gasteiger partial charge < -0.3 is 16.4 Å².